The lowest BCUT2D eigenvalue weighted by atomic mass is 10.2. The topological polar surface area (TPSA) is 102 Å². The summed E-state index contributed by atoms with van der Waals surface area (Å²) >= 11 is 0. The lowest BCUT2D eigenvalue weighted by Gasteiger charge is -2.23. The van der Waals surface area contributed by atoms with E-state index in [-0.39, 0.29) is 30.8 Å². The maximum atomic E-state index is 15.0. The quantitative estimate of drug-likeness (QED) is 0.539. The van der Waals surface area contributed by atoms with Crippen molar-refractivity contribution in [3.63, 3.8) is 0 Å². The van der Waals surface area contributed by atoms with Crippen LogP contribution in [0.15, 0.2) is 42.7 Å². The van der Waals surface area contributed by atoms with E-state index in [1.165, 1.54) is 35.1 Å². The molecule has 3 heterocycles. The number of nitrogens with one attached hydrogen (secondary N) is 1. The minimum atomic E-state index is -1.06. The molecule has 0 bridgehead atoms. The molecule has 2 atom stereocenters. The van der Waals surface area contributed by atoms with Crippen LogP contribution < -0.4 is 19.9 Å². The number of nitrogens with zero attached hydrogens (tertiary/aromatic N) is 5. The highest BCUT2D eigenvalue weighted by Crippen LogP contribution is 2.37. The van der Waals surface area contributed by atoms with E-state index < -0.39 is 29.5 Å². The summed E-state index contributed by atoms with van der Waals surface area (Å²) in [5, 5.41) is 6.68. The summed E-state index contributed by atoms with van der Waals surface area (Å²) in [4.78, 5) is 33.0. The Morgan fingerprint density at radius 2 is 2.03 bits per heavy atom. The van der Waals surface area contributed by atoms with Crippen LogP contribution in [0.2, 0.25) is 0 Å². The molecule has 1 aromatic heterocycles. The molecule has 37 heavy (non-hydrogen) atoms. The molecule has 0 spiro atoms. The fraction of sp³-hybridized carbons (Fsp3) is 0.360. The summed E-state index contributed by atoms with van der Waals surface area (Å²) < 4.78 is 41.5. The number of aromatic nitrogens is 3. The first kappa shape index (κ1) is 24.6. The Labute approximate surface area is 211 Å². The summed E-state index contributed by atoms with van der Waals surface area (Å²) in [5.41, 5.74) is 1.02. The molecule has 10 nitrogen and oxygen atoms in total. The molecule has 1 saturated heterocycles. The van der Waals surface area contributed by atoms with Gasteiger partial charge in [0, 0.05) is 44.9 Å². The predicted octanol–water partition coefficient (Wildman–Crippen LogP) is 1.98. The van der Waals surface area contributed by atoms with Crippen LogP contribution >= 0.6 is 0 Å². The lowest BCUT2D eigenvalue weighted by Crippen LogP contribution is -2.49. The Hall–Kier alpha value is -4.06. The third-order valence-electron chi connectivity index (χ3n) is 6.58. The molecule has 2 aliphatic rings. The molecule has 1 fully saturated rings. The summed E-state index contributed by atoms with van der Waals surface area (Å²) in [7, 11) is 3.12. The van der Waals surface area contributed by atoms with Crippen LogP contribution in [0.1, 0.15) is 22.6 Å². The first-order valence-corrected chi connectivity index (χ1v) is 11.8. The van der Waals surface area contributed by atoms with Gasteiger partial charge in [-0.2, -0.15) is 0 Å². The van der Waals surface area contributed by atoms with E-state index in [9.17, 15) is 14.0 Å². The molecule has 2 amide bonds. The van der Waals surface area contributed by atoms with E-state index in [1.54, 1.807) is 31.4 Å². The van der Waals surface area contributed by atoms with Gasteiger partial charge in [-0.1, -0.05) is 18.2 Å². The minimum absolute atomic E-state index is 0.0202. The van der Waals surface area contributed by atoms with Crippen molar-refractivity contribution in [3.8, 4) is 5.75 Å². The fourth-order valence-corrected chi connectivity index (χ4v) is 4.49. The Morgan fingerprint density at radius 1 is 1.22 bits per heavy atom. The van der Waals surface area contributed by atoms with Gasteiger partial charge >= 0.3 is 0 Å². The second-order valence-corrected chi connectivity index (χ2v) is 8.96. The van der Waals surface area contributed by atoms with Gasteiger partial charge in [-0.3, -0.25) is 9.59 Å². The number of fused-ring (bicyclic) bond motifs is 1. The normalized spacial score (nSPS) is 19.4. The zero-order chi connectivity index (χ0) is 26.1. The molecule has 0 aliphatic carbocycles. The highest BCUT2D eigenvalue weighted by molar-refractivity contribution is 6.02. The van der Waals surface area contributed by atoms with E-state index in [4.69, 9.17) is 9.47 Å². The molecule has 0 radical (unpaired) electrons. The third kappa shape index (κ3) is 4.96. The number of halogens is 2. The minimum Gasteiger partial charge on any atom is -0.489 e. The highest BCUT2D eigenvalue weighted by atomic mass is 19.1. The maximum absolute atomic E-state index is 15.0. The standard InChI is InChI=1S/C25H26F2N6O4/c1-31-21-9-18(27)20(32-8-7-16(12-32)36-2)10-22(21)37-13-19(25(31)35)29-24(34)23-28-14-33(30-23)11-15-5-3-4-6-17(15)26/h3-6,9-10,14,16,19H,7-8,11-13H2,1-2H3,(H,29,34)/t16-,19-/m0/s1. The van der Waals surface area contributed by atoms with Crippen molar-refractivity contribution in [1.82, 2.24) is 20.1 Å². The SMILES string of the molecule is CO[C@H]1CCN(c2cc3c(cc2F)N(C)C(=O)[C@@H](NC(=O)c2ncn(Cc4ccccc4F)n2)CO3)C1. The van der Waals surface area contributed by atoms with E-state index in [2.05, 4.69) is 15.4 Å². The van der Waals surface area contributed by atoms with E-state index in [0.29, 0.717) is 30.1 Å². The molecular weight excluding hydrogens is 486 g/mol. The molecule has 1 N–H and O–H groups in total. The number of anilines is 2. The van der Waals surface area contributed by atoms with Crippen LogP contribution in [-0.2, 0) is 16.1 Å². The van der Waals surface area contributed by atoms with Gasteiger partial charge in [0.15, 0.2) is 0 Å². The van der Waals surface area contributed by atoms with Crippen molar-refractivity contribution in [2.45, 2.75) is 25.1 Å². The lowest BCUT2D eigenvalue weighted by molar-refractivity contribution is -0.120. The van der Waals surface area contributed by atoms with Crippen LogP contribution in [0.5, 0.6) is 5.75 Å². The average molecular weight is 513 g/mol. The van der Waals surface area contributed by atoms with Gasteiger partial charge in [-0.05, 0) is 12.5 Å². The van der Waals surface area contributed by atoms with E-state index in [1.807, 2.05) is 4.90 Å². The van der Waals surface area contributed by atoms with Gasteiger partial charge in [-0.15, -0.1) is 5.10 Å². The largest absolute Gasteiger partial charge is 0.489 e. The van der Waals surface area contributed by atoms with Crippen molar-refractivity contribution >= 4 is 23.2 Å². The van der Waals surface area contributed by atoms with E-state index in [0.717, 1.165) is 6.42 Å². The fourth-order valence-electron chi connectivity index (χ4n) is 4.49. The Kier molecular flexibility index (Phi) is 6.74. The number of methoxy groups -OCH3 is 1. The summed E-state index contributed by atoms with van der Waals surface area (Å²) in [6.45, 7) is 1.12. The molecule has 2 aromatic carbocycles. The molecular formula is C25H26F2N6O4. The zero-order valence-electron chi connectivity index (χ0n) is 20.4. The number of ether oxygens (including phenoxy) is 2. The van der Waals surface area contributed by atoms with Gasteiger partial charge < -0.3 is 24.6 Å². The molecule has 12 heteroatoms. The predicted molar refractivity (Wildman–Crippen MR) is 130 cm³/mol. The van der Waals surface area contributed by atoms with Crippen molar-refractivity contribution < 1.29 is 27.8 Å². The number of benzene rings is 2. The number of carbonyl (C=O) groups excluding carboxylic acids is 2. The van der Waals surface area contributed by atoms with Crippen LogP contribution in [0.3, 0.4) is 0 Å². The van der Waals surface area contributed by atoms with Gasteiger partial charge in [0.1, 0.15) is 36.4 Å². The zero-order valence-corrected chi connectivity index (χ0v) is 20.4. The monoisotopic (exact) mass is 512 g/mol. The smallest absolute Gasteiger partial charge is 0.291 e. The average Bonchev–Trinajstić information content (AvgIpc) is 3.55. The number of carbonyl (C=O) groups is 2. The summed E-state index contributed by atoms with van der Waals surface area (Å²) in [6.07, 6.45) is 2.11. The van der Waals surface area contributed by atoms with Crippen molar-refractivity contribution in [3.05, 3.63) is 65.7 Å². The van der Waals surface area contributed by atoms with Crippen LogP contribution in [0.25, 0.3) is 0 Å². The first-order valence-electron chi connectivity index (χ1n) is 11.8. The third-order valence-corrected chi connectivity index (χ3v) is 6.58. The molecule has 0 saturated carbocycles. The molecule has 0 unspecified atom stereocenters. The molecule has 5 rings (SSSR count). The molecule has 2 aliphatic heterocycles. The number of amides is 2. The number of rotatable bonds is 6. The van der Waals surface area contributed by atoms with Crippen LogP contribution in [-0.4, -0.2) is 72.6 Å². The van der Waals surface area contributed by atoms with Crippen molar-refractivity contribution in [2.75, 3.05) is 43.7 Å². The molecule has 3 aromatic rings. The Morgan fingerprint density at radius 3 is 2.78 bits per heavy atom. The number of hydrogen-bond acceptors (Lipinski definition) is 7. The highest BCUT2D eigenvalue weighted by Gasteiger charge is 2.33. The second kappa shape index (κ2) is 10.1. The van der Waals surface area contributed by atoms with Crippen molar-refractivity contribution in [1.29, 1.82) is 0 Å². The Bertz CT molecular complexity index is 1330. The van der Waals surface area contributed by atoms with Gasteiger partial charge in [0.05, 0.1) is 24.0 Å². The van der Waals surface area contributed by atoms with E-state index >= 15 is 4.39 Å². The van der Waals surface area contributed by atoms with Crippen LogP contribution in [0, 0.1) is 11.6 Å². The Balaban J connectivity index is 1.29. The van der Waals surface area contributed by atoms with Gasteiger partial charge in [0.2, 0.25) is 5.82 Å². The molecule has 194 valence electrons. The summed E-state index contributed by atoms with van der Waals surface area (Å²) in [6, 6.07) is 8.01. The van der Waals surface area contributed by atoms with Crippen molar-refractivity contribution in [2.24, 2.45) is 0 Å². The first-order chi connectivity index (χ1) is 17.8. The van der Waals surface area contributed by atoms with Gasteiger partial charge in [0.25, 0.3) is 11.8 Å². The van der Waals surface area contributed by atoms with Crippen LogP contribution in [0.4, 0.5) is 20.2 Å². The van der Waals surface area contributed by atoms with Gasteiger partial charge in [-0.25, -0.2) is 18.4 Å². The maximum Gasteiger partial charge on any atom is 0.291 e. The summed E-state index contributed by atoms with van der Waals surface area (Å²) in [5.74, 6) is -1.89. The number of hydrogen-bond donors (Lipinski definition) is 1. The second-order valence-electron chi connectivity index (χ2n) is 8.96. The number of likely N-dealkylation sites (N-methyl/N-ethyl adjacent to an activating group) is 1.